The van der Waals surface area contributed by atoms with Gasteiger partial charge in [0.05, 0.1) is 28.6 Å². The van der Waals surface area contributed by atoms with E-state index < -0.39 is 0 Å². The molecule has 6 aromatic rings. The van der Waals surface area contributed by atoms with Gasteiger partial charge >= 0.3 is 65.2 Å². The van der Waals surface area contributed by atoms with Gasteiger partial charge in [-0.1, -0.05) is 165 Å². The average Bonchev–Trinajstić information content (AvgIpc) is 3.96. The summed E-state index contributed by atoms with van der Waals surface area (Å²) in [5.41, 5.74) is 23.2. The van der Waals surface area contributed by atoms with Crippen LogP contribution in [-0.4, -0.2) is 28.6 Å². The van der Waals surface area contributed by atoms with Crippen LogP contribution in [0.4, 0.5) is 0 Å². The summed E-state index contributed by atoms with van der Waals surface area (Å²) in [6, 6.07) is 38.6. The Morgan fingerprint density at radius 2 is 0.635 bits per heavy atom. The maximum Gasteiger partial charge on any atom is 2.00 e. The molecule has 6 aromatic carbocycles. The molecule has 0 atom stereocenters. The van der Waals surface area contributed by atoms with Crippen LogP contribution in [0.25, 0.3) is 0 Å². The SMILES string of the molecule is Cc1cccc([Si]Cc2cc3c([cH-]2)CCCC3)c1C.Cc1cccc([Si]Cc2cc3c([cH-]2)CCCC3)c1C.Cc1cccc([Si]Cc2cc3c([cH-]2)CCCC3)c1C.[Cl-].[Cl-].[Cl-].[Ti+2].[Ti+2].[Ti+2]. The minimum absolute atomic E-state index is 0. The second-order valence-electron chi connectivity index (χ2n) is 17.2. The van der Waals surface area contributed by atoms with Crippen molar-refractivity contribution in [3.8, 4) is 0 Å². The van der Waals surface area contributed by atoms with E-state index in [1.807, 2.05) is 0 Å². The number of fused-ring (bicyclic) bond motifs is 3. The first-order valence-corrected chi connectivity index (χ1v) is 25.6. The first-order chi connectivity index (χ1) is 27.7. The summed E-state index contributed by atoms with van der Waals surface area (Å²) in [6.45, 7) is 13.4. The van der Waals surface area contributed by atoms with E-state index in [1.54, 1.807) is 65.6 Å². The van der Waals surface area contributed by atoms with Crippen molar-refractivity contribution in [2.45, 2.75) is 137 Å². The first-order valence-electron chi connectivity index (χ1n) is 21.9. The summed E-state index contributed by atoms with van der Waals surface area (Å²) in [5.74, 6) is 0. The molecule has 324 valence electrons. The number of rotatable bonds is 9. The van der Waals surface area contributed by atoms with Crippen LogP contribution in [0, 0.1) is 41.5 Å². The Hall–Kier alpha value is -0.626. The van der Waals surface area contributed by atoms with Gasteiger partial charge in [0.25, 0.3) is 0 Å². The van der Waals surface area contributed by atoms with Crippen LogP contribution < -0.4 is 52.8 Å². The van der Waals surface area contributed by atoms with E-state index in [1.165, 1.54) is 129 Å². The van der Waals surface area contributed by atoms with Crippen LogP contribution in [0.15, 0.2) is 91.0 Å². The maximum absolute atomic E-state index is 2.46. The summed E-state index contributed by atoms with van der Waals surface area (Å²) in [7, 11) is 2.73. The molecular formula is C54H63Cl3Si3Ti3. The fourth-order valence-corrected chi connectivity index (χ4v) is 12.9. The van der Waals surface area contributed by atoms with Gasteiger partial charge in [-0.2, -0.15) is 68.3 Å². The Balaban J connectivity index is 0.000000451. The van der Waals surface area contributed by atoms with Gasteiger partial charge in [0.15, 0.2) is 0 Å². The number of hydrogen-bond donors (Lipinski definition) is 0. The third kappa shape index (κ3) is 16.8. The van der Waals surface area contributed by atoms with E-state index in [-0.39, 0.29) is 102 Å². The van der Waals surface area contributed by atoms with Crippen molar-refractivity contribution < 1.29 is 102 Å². The van der Waals surface area contributed by atoms with Gasteiger partial charge in [0, 0.05) is 0 Å². The molecule has 63 heavy (non-hydrogen) atoms. The fourth-order valence-electron chi connectivity index (χ4n) is 9.04. The third-order valence-corrected chi connectivity index (χ3v) is 17.6. The largest absolute Gasteiger partial charge is 2.00 e. The molecule has 0 bridgehead atoms. The van der Waals surface area contributed by atoms with Gasteiger partial charge in [-0.15, -0.1) is 0 Å². The zero-order chi connectivity index (χ0) is 39.7. The molecule has 3 aliphatic carbocycles. The summed E-state index contributed by atoms with van der Waals surface area (Å²) in [4.78, 5) is 0. The van der Waals surface area contributed by atoms with Gasteiger partial charge < -0.3 is 37.2 Å². The van der Waals surface area contributed by atoms with E-state index in [0.717, 1.165) is 28.6 Å². The van der Waals surface area contributed by atoms with E-state index in [2.05, 4.69) is 133 Å². The molecule has 0 heterocycles. The zero-order valence-corrected chi connectivity index (χ0v) is 48.4. The van der Waals surface area contributed by atoms with E-state index in [4.69, 9.17) is 0 Å². The van der Waals surface area contributed by atoms with Crippen molar-refractivity contribution in [1.82, 2.24) is 0 Å². The summed E-state index contributed by atoms with van der Waals surface area (Å²) in [6.07, 6.45) is 16.2. The molecule has 9 heteroatoms. The molecule has 0 fully saturated rings. The monoisotopic (exact) mass is 1040 g/mol. The van der Waals surface area contributed by atoms with Crippen LogP contribution in [0.2, 0.25) is 0 Å². The second-order valence-corrected chi connectivity index (χ2v) is 20.9. The molecule has 6 radical (unpaired) electrons. The standard InChI is InChI=1S/3C18H21Si.3ClH.3Ti/c3*1-13-6-5-9-18(14(13)2)19-12-15-10-16-7-3-4-8-17(16)11-15;;;;;;/h3*5-6,9-11H,3-4,7-8,12H2,1-2H3;3*1H;;;/q3*-1;;;;3*+2/p-3. The first kappa shape index (κ1) is 60.4. The molecular weight excluding hydrogens is 983 g/mol. The molecule has 0 saturated heterocycles. The Labute approximate surface area is 453 Å². The molecule has 3 aliphatic rings. The van der Waals surface area contributed by atoms with Gasteiger partial charge in [-0.05, 0) is 74.9 Å². The molecule has 9 rings (SSSR count). The number of benzene rings is 3. The van der Waals surface area contributed by atoms with Gasteiger partial charge in [-0.25, -0.2) is 18.2 Å². The van der Waals surface area contributed by atoms with Gasteiger partial charge in [0.1, 0.15) is 0 Å². The third-order valence-electron chi connectivity index (χ3n) is 13.1. The quantitative estimate of drug-likeness (QED) is 0.152. The smallest absolute Gasteiger partial charge is 1.00 e. The molecule has 0 aliphatic heterocycles. The van der Waals surface area contributed by atoms with Gasteiger partial charge in [0.2, 0.25) is 0 Å². The van der Waals surface area contributed by atoms with Crippen LogP contribution in [0.3, 0.4) is 0 Å². The Bertz CT molecular complexity index is 1950. The van der Waals surface area contributed by atoms with Crippen molar-refractivity contribution in [2.24, 2.45) is 0 Å². The van der Waals surface area contributed by atoms with E-state index >= 15 is 0 Å². The maximum atomic E-state index is 2.46. The number of hydrogen-bond acceptors (Lipinski definition) is 0. The normalized spacial score (nSPS) is 13.0. The number of halogens is 3. The van der Waals surface area contributed by atoms with Crippen LogP contribution >= 0.6 is 0 Å². The Kier molecular flexibility index (Phi) is 28.7. The molecule has 0 unspecified atom stereocenters. The van der Waals surface area contributed by atoms with Crippen molar-refractivity contribution in [3.63, 3.8) is 0 Å². The van der Waals surface area contributed by atoms with Crippen LogP contribution in [0.5, 0.6) is 0 Å². The Morgan fingerprint density at radius 3 is 0.889 bits per heavy atom. The topological polar surface area (TPSA) is 0 Å². The summed E-state index contributed by atoms with van der Waals surface area (Å²) < 4.78 is 0. The minimum Gasteiger partial charge on any atom is -1.00 e. The Morgan fingerprint density at radius 1 is 0.381 bits per heavy atom. The van der Waals surface area contributed by atoms with Crippen molar-refractivity contribution in [2.75, 3.05) is 0 Å². The molecule has 0 amide bonds. The van der Waals surface area contributed by atoms with Crippen LogP contribution in [0.1, 0.15) is 122 Å². The number of aryl methyl sites for hydroxylation is 9. The average molecular weight is 1050 g/mol. The van der Waals surface area contributed by atoms with E-state index in [9.17, 15) is 0 Å². The molecule has 0 N–H and O–H groups in total. The van der Waals surface area contributed by atoms with Crippen molar-refractivity contribution >= 4 is 44.1 Å². The van der Waals surface area contributed by atoms with Crippen molar-refractivity contribution in [1.29, 1.82) is 0 Å². The van der Waals surface area contributed by atoms with E-state index in [0.29, 0.717) is 0 Å². The van der Waals surface area contributed by atoms with Crippen molar-refractivity contribution in [3.05, 3.63) is 174 Å². The summed E-state index contributed by atoms with van der Waals surface area (Å²) >= 11 is 0. The summed E-state index contributed by atoms with van der Waals surface area (Å²) in [5, 5.41) is 4.62. The fraction of sp³-hybridized carbons (Fsp3) is 0.389. The van der Waals surface area contributed by atoms with Gasteiger partial charge in [-0.3, -0.25) is 0 Å². The predicted octanol–water partition coefficient (Wildman–Crippen LogP) is 1.30. The predicted molar refractivity (Wildman–Crippen MR) is 251 cm³/mol. The minimum atomic E-state index is 0. The molecule has 0 aromatic heterocycles. The zero-order valence-electron chi connectivity index (χ0n) is 38.4. The molecule has 0 spiro atoms. The molecule has 0 nitrogen and oxygen atoms in total. The second kappa shape index (κ2) is 30.0. The molecule has 0 saturated carbocycles. The van der Waals surface area contributed by atoms with Crippen LogP contribution in [-0.2, 0) is 122 Å².